The van der Waals surface area contributed by atoms with Gasteiger partial charge in [-0.25, -0.2) is 0 Å². The average molecular weight is 561 g/mol. The van der Waals surface area contributed by atoms with E-state index < -0.39 is 0 Å². The maximum atomic E-state index is 13.3. The van der Waals surface area contributed by atoms with E-state index in [4.69, 9.17) is 9.47 Å². The van der Waals surface area contributed by atoms with Gasteiger partial charge in [0.1, 0.15) is 6.54 Å². The van der Waals surface area contributed by atoms with E-state index in [0.717, 1.165) is 36.7 Å². The first kappa shape index (κ1) is 29.8. The van der Waals surface area contributed by atoms with Crippen molar-refractivity contribution in [1.29, 1.82) is 0 Å². The normalized spacial score (nSPS) is 13.3. The first-order valence-corrected chi connectivity index (χ1v) is 14.1. The van der Waals surface area contributed by atoms with Gasteiger partial charge >= 0.3 is 0 Å². The van der Waals surface area contributed by atoms with Gasteiger partial charge < -0.3 is 29.1 Å². The van der Waals surface area contributed by atoms with Crippen molar-refractivity contribution >= 4 is 17.6 Å². The van der Waals surface area contributed by atoms with E-state index >= 15 is 0 Å². The molecule has 10 nitrogen and oxygen atoms in total. The molecule has 0 aliphatic carbocycles. The number of hydrogen-bond donors (Lipinski definition) is 0. The van der Waals surface area contributed by atoms with E-state index in [9.17, 15) is 9.59 Å². The van der Waals surface area contributed by atoms with Crippen LogP contribution in [0.15, 0.2) is 60.7 Å². The monoisotopic (exact) mass is 560 g/mol. The molecule has 0 unspecified atom stereocenters. The molecule has 2 heterocycles. The van der Waals surface area contributed by atoms with Crippen LogP contribution in [0.2, 0.25) is 0 Å². The van der Waals surface area contributed by atoms with Crippen molar-refractivity contribution in [2.24, 2.45) is 0 Å². The van der Waals surface area contributed by atoms with Crippen LogP contribution in [-0.2, 0) is 4.79 Å². The number of anilines is 1. The quantitative estimate of drug-likeness (QED) is 0.333. The molecule has 0 radical (unpaired) electrons. The molecule has 4 rings (SSSR count). The first-order chi connectivity index (χ1) is 20.0. The SMILES string of the molecule is CCN(CC)CCN(CC(=O)N1CCN(c2ccc(-c3ccc(OC)c(OC)c3)nn2)CC1)C(=O)c1ccccc1. The molecule has 0 saturated carbocycles. The number of likely N-dealkylation sites (N-methyl/N-ethyl adjacent to an activating group) is 1. The summed E-state index contributed by atoms with van der Waals surface area (Å²) in [5.41, 5.74) is 2.21. The number of methoxy groups -OCH3 is 2. The number of amides is 2. The molecule has 0 N–H and O–H groups in total. The molecular weight excluding hydrogens is 520 g/mol. The van der Waals surface area contributed by atoms with E-state index in [-0.39, 0.29) is 18.4 Å². The van der Waals surface area contributed by atoms with Gasteiger partial charge in [0.15, 0.2) is 17.3 Å². The number of carbonyl (C=O) groups is 2. The van der Waals surface area contributed by atoms with Crippen molar-refractivity contribution in [3.8, 4) is 22.8 Å². The lowest BCUT2D eigenvalue weighted by molar-refractivity contribution is -0.132. The molecule has 3 aromatic rings. The lowest BCUT2D eigenvalue weighted by atomic mass is 10.1. The van der Waals surface area contributed by atoms with Gasteiger partial charge in [0, 0.05) is 50.4 Å². The van der Waals surface area contributed by atoms with Crippen LogP contribution in [0, 0.1) is 0 Å². The second kappa shape index (κ2) is 14.5. The van der Waals surface area contributed by atoms with Crippen LogP contribution >= 0.6 is 0 Å². The number of ether oxygens (including phenoxy) is 2. The molecule has 218 valence electrons. The Morgan fingerprint density at radius 2 is 1.54 bits per heavy atom. The number of rotatable bonds is 12. The fourth-order valence-corrected chi connectivity index (χ4v) is 4.91. The molecule has 10 heteroatoms. The standard InChI is InChI=1S/C31H40N6O4/c1-5-34(6-2)16-17-37(31(39)24-10-8-7-9-11-24)23-30(38)36-20-18-35(19-21-36)29-15-13-26(32-33-29)25-12-14-27(40-3)28(22-25)41-4/h7-15,22H,5-6,16-21,23H2,1-4H3. The molecule has 0 spiro atoms. The van der Waals surface area contributed by atoms with Gasteiger partial charge in [0.05, 0.1) is 19.9 Å². The Balaban J connectivity index is 1.36. The third-order valence-electron chi connectivity index (χ3n) is 7.50. The zero-order chi connectivity index (χ0) is 29.2. The number of nitrogens with zero attached hydrogens (tertiary/aromatic N) is 6. The van der Waals surface area contributed by atoms with Crippen molar-refractivity contribution in [3.63, 3.8) is 0 Å². The van der Waals surface area contributed by atoms with Crippen LogP contribution in [-0.4, -0.2) is 110 Å². The van der Waals surface area contributed by atoms with Gasteiger partial charge in [-0.05, 0) is 55.6 Å². The molecule has 2 aromatic carbocycles. The Morgan fingerprint density at radius 1 is 0.829 bits per heavy atom. The predicted molar refractivity (Wildman–Crippen MR) is 159 cm³/mol. The van der Waals surface area contributed by atoms with Crippen molar-refractivity contribution in [2.45, 2.75) is 13.8 Å². The highest BCUT2D eigenvalue weighted by Crippen LogP contribution is 2.31. The molecule has 0 bridgehead atoms. The number of hydrogen-bond acceptors (Lipinski definition) is 8. The van der Waals surface area contributed by atoms with E-state index in [0.29, 0.717) is 49.8 Å². The van der Waals surface area contributed by atoms with Crippen molar-refractivity contribution in [1.82, 2.24) is 24.9 Å². The van der Waals surface area contributed by atoms with E-state index in [1.807, 2.05) is 53.4 Å². The third-order valence-corrected chi connectivity index (χ3v) is 7.50. The van der Waals surface area contributed by atoms with E-state index in [2.05, 4.69) is 33.8 Å². The van der Waals surface area contributed by atoms with Crippen LogP contribution in [0.1, 0.15) is 24.2 Å². The van der Waals surface area contributed by atoms with E-state index in [1.165, 1.54) is 0 Å². The lowest BCUT2D eigenvalue weighted by Gasteiger charge is -2.36. The van der Waals surface area contributed by atoms with Gasteiger partial charge in [0.2, 0.25) is 5.91 Å². The number of benzene rings is 2. The third kappa shape index (κ3) is 7.52. The zero-order valence-electron chi connectivity index (χ0n) is 24.5. The van der Waals surface area contributed by atoms with Crippen LogP contribution in [0.4, 0.5) is 5.82 Å². The molecule has 1 fully saturated rings. The smallest absolute Gasteiger partial charge is 0.254 e. The maximum absolute atomic E-state index is 13.3. The molecule has 1 aliphatic rings. The second-order valence-corrected chi connectivity index (χ2v) is 9.83. The Bertz CT molecular complexity index is 1280. The zero-order valence-corrected chi connectivity index (χ0v) is 24.5. The summed E-state index contributed by atoms with van der Waals surface area (Å²) in [7, 11) is 3.21. The molecule has 1 aliphatic heterocycles. The second-order valence-electron chi connectivity index (χ2n) is 9.83. The van der Waals surface area contributed by atoms with Gasteiger partial charge in [0.25, 0.3) is 5.91 Å². The summed E-state index contributed by atoms with van der Waals surface area (Å²) in [4.78, 5) is 34.5. The lowest BCUT2D eigenvalue weighted by Crippen LogP contribution is -2.52. The van der Waals surface area contributed by atoms with Gasteiger partial charge in [-0.3, -0.25) is 9.59 Å². The topological polar surface area (TPSA) is 91.3 Å². The summed E-state index contributed by atoms with van der Waals surface area (Å²) in [5.74, 6) is 1.90. The predicted octanol–water partition coefficient (Wildman–Crippen LogP) is 3.29. The number of piperazine rings is 1. The molecule has 41 heavy (non-hydrogen) atoms. The number of carbonyl (C=O) groups excluding carboxylic acids is 2. The van der Waals surface area contributed by atoms with Crippen LogP contribution in [0.3, 0.4) is 0 Å². The Hall–Kier alpha value is -4.18. The van der Waals surface area contributed by atoms with Gasteiger partial charge in [-0.2, -0.15) is 0 Å². The van der Waals surface area contributed by atoms with Crippen molar-refractivity contribution in [2.75, 3.05) is 78.0 Å². The fourth-order valence-electron chi connectivity index (χ4n) is 4.91. The minimum absolute atomic E-state index is 0.0386. The Kier molecular flexibility index (Phi) is 10.5. The average Bonchev–Trinajstić information content (AvgIpc) is 3.04. The van der Waals surface area contributed by atoms with Crippen LogP contribution in [0.25, 0.3) is 11.3 Å². The molecular formula is C31H40N6O4. The molecule has 1 saturated heterocycles. The summed E-state index contributed by atoms with van der Waals surface area (Å²) in [6.45, 7) is 9.70. The first-order valence-electron chi connectivity index (χ1n) is 14.1. The Morgan fingerprint density at radius 3 is 2.15 bits per heavy atom. The van der Waals surface area contributed by atoms with E-state index in [1.54, 1.807) is 31.3 Å². The summed E-state index contributed by atoms with van der Waals surface area (Å²) in [6.07, 6.45) is 0. The highest BCUT2D eigenvalue weighted by molar-refractivity contribution is 5.96. The summed E-state index contributed by atoms with van der Waals surface area (Å²) in [5, 5.41) is 8.88. The number of aromatic nitrogens is 2. The highest BCUT2D eigenvalue weighted by Gasteiger charge is 2.26. The molecule has 1 aromatic heterocycles. The molecule has 2 amide bonds. The largest absolute Gasteiger partial charge is 0.493 e. The van der Waals surface area contributed by atoms with Crippen LogP contribution in [0.5, 0.6) is 11.5 Å². The minimum Gasteiger partial charge on any atom is -0.493 e. The van der Waals surface area contributed by atoms with Gasteiger partial charge in [-0.15, -0.1) is 10.2 Å². The van der Waals surface area contributed by atoms with Gasteiger partial charge in [-0.1, -0.05) is 32.0 Å². The minimum atomic E-state index is -0.116. The van der Waals surface area contributed by atoms with Crippen molar-refractivity contribution < 1.29 is 19.1 Å². The molecule has 0 atom stereocenters. The summed E-state index contributed by atoms with van der Waals surface area (Å²) in [6, 6.07) is 18.7. The Labute approximate surface area is 242 Å². The fraction of sp³-hybridized carbons (Fsp3) is 0.419. The maximum Gasteiger partial charge on any atom is 0.254 e. The summed E-state index contributed by atoms with van der Waals surface area (Å²) < 4.78 is 10.7. The summed E-state index contributed by atoms with van der Waals surface area (Å²) >= 11 is 0. The van der Waals surface area contributed by atoms with Crippen molar-refractivity contribution in [3.05, 3.63) is 66.2 Å². The van der Waals surface area contributed by atoms with Crippen LogP contribution < -0.4 is 14.4 Å². The highest BCUT2D eigenvalue weighted by atomic mass is 16.5.